The first-order valence-corrected chi connectivity index (χ1v) is 6.95. The normalized spacial score (nSPS) is 29.3. The third-order valence-corrected chi connectivity index (χ3v) is 3.58. The Morgan fingerprint density at radius 1 is 1.18 bits per heavy atom. The van der Waals surface area contributed by atoms with Crippen molar-refractivity contribution in [2.75, 3.05) is 0 Å². The molecule has 0 bridgehead atoms. The van der Waals surface area contributed by atoms with Crippen molar-refractivity contribution in [1.29, 1.82) is 5.41 Å². The average molecular weight is 237 g/mol. The van der Waals surface area contributed by atoms with Crippen LogP contribution in [-0.4, -0.2) is 5.71 Å². The van der Waals surface area contributed by atoms with Crippen LogP contribution in [0, 0.1) is 22.2 Å². The number of nitrogens with one attached hydrogen (secondary N) is 1. The Morgan fingerprint density at radius 2 is 1.65 bits per heavy atom. The summed E-state index contributed by atoms with van der Waals surface area (Å²) in [6.07, 6.45) is 4.44. The van der Waals surface area contributed by atoms with Crippen LogP contribution in [0.15, 0.2) is 11.6 Å². The molecule has 100 valence electrons. The zero-order chi connectivity index (χ0) is 13.9. The van der Waals surface area contributed by atoms with E-state index in [0.29, 0.717) is 11.3 Å². The minimum atomic E-state index is 0.153. The van der Waals surface area contributed by atoms with E-state index >= 15 is 0 Å². The van der Waals surface area contributed by atoms with E-state index in [4.69, 9.17) is 5.41 Å². The Hall–Kier alpha value is -0.590. The summed E-state index contributed by atoms with van der Waals surface area (Å²) in [7, 11) is 0. The lowest BCUT2D eigenvalue weighted by Gasteiger charge is -2.33. The molecule has 1 aliphatic rings. The second-order valence-electron chi connectivity index (χ2n) is 6.45. The van der Waals surface area contributed by atoms with Crippen LogP contribution in [-0.2, 0) is 0 Å². The highest BCUT2D eigenvalue weighted by Gasteiger charge is 2.39. The van der Waals surface area contributed by atoms with Gasteiger partial charge in [-0.15, -0.1) is 0 Å². The lowest BCUT2D eigenvalue weighted by molar-refractivity contribution is 0.217. The second-order valence-corrected chi connectivity index (χ2v) is 6.45. The lowest BCUT2D eigenvalue weighted by atomic mass is 9.72. The largest absolute Gasteiger partial charge is 0.305 e. The molecule has 0 amide bonds. The Labute approximate surface area is 108 Å². The van der Waals surface area contributed by atoms with Crippen molar-refractivity contribution in [3.05, 3.63) is 11.6 Å². The number of rotatable bonds is 0. The van der Waals surface area contributed by atoms with Crippen molar-refractivity contribution in [1.82, 2.24) is 0 Å². The van der Waals surface area contributed by atoms with Crippen LogP contribution in [0.5, 0.6) is 0 Å². The molecular formula is C16H31N. The van der Waals surface area contributed by atoms with Crippen LogP contribution in [0.25, 0.3) is 0 Å². The molecule has 0 aliphatic heterocycles. The van der Waals surface area contributed by atoms with E-state index in [0.717, 1.165) is 12.1 Å². The average Bonchev–Trinajstić information content (AvgIpc) is 2.22. The van der Waals surface area contributed by atoms with E-state index in [2.05, 4.69) is 47.6 Å². The summed E-state index contributed by atoms with van der Waals surface area (Å²) in [5, 5.41) is 8.26. The van der Waals surface area contributed by atoms with Crippen LogP contribution in [0.4, 0.5) is 0 Å². The van der Waals surface area contributed by atoms with Crippen molar-refractivity contribution in [3.63, 3.8) is 0 Å². The Balaban J connectivity index is 0.00000121. The minimum absolute atomic E-state index is 0.153. The molecule has 1 heteroatoms. The highest BCUT2D eigenvalue weighted by Crippen LogP contribution is 2.47. The fourth-order valence-corrected chi connectivity index (χ4v) is 3.47. The van der Waals surface area contributed by atoms with Gasteiger partial charge in [-0.25, -0.2) is 0 Å². The lowest BCUT2D eigenvalue weighted by Crippen LogP contribution is -2.23. The van der Waals surface area contributed by atoms with Gasteiger partial charge in [0, 0.05) is 5.71 Å². The van der Waals surface area contributed by atoms with Crippen LogP contribution in [0.2, 0.25) is 0 Å². The molecule has 1 N–H and O–H groups in total. The Morgan fingerprint density at radius 3 is 2.06 bits per heavy atom. The van der Waals surface area contributed by atoms with Gasteiger partial charge in [0.25, 0.3) is 0 Å². The predicted molar refractivity (Wildman–Crippen MR) is 78.8 cm³/mol. The smallest absolute Gasteiger partial charge is 0.0376 e. The molecule has 1 nitrogen and oxygen atoms in total. The van der Waals surface area contributed by atoms with Crippen molar-refractivity contribution in [2.45, 2.75) is 68.2 Å². The van der Waals surface area contributed by atoms with Gasteiger partial charge in [0.1, 0.15) is 0 Å². The van der Waals surface area contributed by atoms with Gasteiger partial charge in [-0.05, 0) is 42.1 Å². The van der Waals surface area contributed by atoms with E-state index in [9.17, 15) is 0 Å². The van der Waals surface area contributed by atoms with Gasteiger partial charge in [-0.3, -0.25) is 0 Å². The maximum atomic E-state index is 8.26. The highest BCUT2D eigenvalue weighted by molar-refractivity contribution is 6.00. The van der Waals surface area contributed by atoms with Gasteiger partial charge in [-0.2, -0.15) is 0 Å². The second kappa shape index (κ2) is 5.84. The van der Waals surface area contributed by atoms with Gasteiger partial charge in [0.15, 0.2) is 0 Å². The van der Waals surface area contributed by atoms with Crippen LogP contribution < -0.4 is 0 Å². The molecule has 0 saturated heterocycles. The highest BCUT2D eigenvalue weighted by atomic mass is 14.5. The first kappa shape index (κ1) is 16.4. The molecule has 1 rings (SSSR count). The quantitative estimate of drug-likeness (QED) is 0.541. The molecule has 1 saturated carbocycles. The number of allylic oxidation sites excluding steroid dienone is 2. The van der Waals surface area contributed by atoms with Gasteiger partial charge in [0.2, 0.25) is 0 Å². The molecular weight excluding hydrogens is 206 g/mol. The first-order chi connectivity index (χ1) is 7.69. The molecule has 1 atom stereocenters. The van der Waals surface area contributed by atoms with Crippen molar-refractivity contribution < 1.29 is 0 Å². The summed E-state index contributed by atoms with van der Waals surface area (Å²) >= 11 is 0. The fourth-order valence-electron chi connectivity index (χ4n) is 3.47. The third kappa shape index (κ3) is 3.97. The maximum absolute atomic E-state index is 8.26. The first-order valence-electron chi connectivity index (χ1n) is 6.95. The van der Waals surface area contributed by atoms with Crippen molar-refractivity contribution in [3.8, 4) is 0 Å². The number of hydrogen-bond donors (Lipinski definition) is 1. The van der Waals surface area contributed by atoms with E-state index in [1.54, 1.807) is 0 Å². The van der Waals surface area contributed by atoms with Crippen molar-refractivity contribution in [2.24, 2.45) is 16.7 Å². The summed E-state index contributed by atoms with van der Waals surface area (Å²) < 4.78 is 0. The molecule has 1 unspecified atom stereocenters. The van der Waals surface area contributed by atoms with Crippen LogP contribution in [0.3, 0.4) is 0 Å². The van der Waals surface area contributed by atoms with Gasteiger partial charge >= 0.3 is 0 Å². The summed E-state index contributed by atoms with van der Waals surface area (Å²) in [5.74, 6) is 0.396. The number of hydrogen-bond acceptors (Lipinski definition) is 1. The molecule has 0 spiro atoms. The molecule has 0 aromatic rings. The topological polar surface area (TPSA) is 23.9 Å². The summed E-state index contributed by atoms with van der Waals surface area (Å²) in [4.78, 5) is 0. The molecule has 17 heavy (non-hydrogen) atoms. The van der Waals surface area contributed by atoms with E-state index < -0.39 is 0 Å². The zero-order valence-corrected chi connectivity index (χ0v) is 13.1. The molecule has 0 heterocycles. The zero-order valence-electron chi connectivity index (χ0n) is 13.1. The molecule has 0 aromatic heterocycles. The fraction of sp³-hybridized carbons (Fsp3) is 0.812. The third-order valence-electron chi connectivity index (χ3n) is 3.58. The molecule has 1 aliphatic carbocycles. The Kier molecular flexibility index (Phi) is 5.64. The van der Waals surface area contributed by atoms with Gasteiger partial charge < -0.3 is 5.41 Å². The van der Waals surface area contributed by atoms with Crippen molar-refractivity contribution >= 4 is 5.71 Å². The van der Waals surface area contributed by atoms with Crippen LogP contribution >= 0.6 is 0 Å². The molecule has 1 fully saturated rings. The SMILES string of the molecule is C/C=C1\C(=N)C(C)CC(C)(C)CC1(C)C.CC. The summed E-state index contributed by atoms with van der Waals surface area (Å²) in [5.41, 5.74) is 2.61. The maximum Gasteiger partial charge on any atom is 0.0376 e. The van der Waals surface area contributed by atoms with E-state index in [1.807, 2.05) is 13.8 Å². The Bertz CT molecular complexity index is 295. The van der Waals surface area contributed by atoms with E-state index in [-0.39, 0.29) is 5.41 Å². The monoisotopic (exact) mass is 237 g/mol. The summed E-state index contributed by atoms with van der Waals surface area (Å²) in [6.45, 7) is 17.5. The van der Waals surface area contributed by atoms with Gasteiger partial charge in [0.05, 0.1) is 0 Å². The van der Waals surface area contributed by atoms with E-state index in [1.165, 1.54) is 12.0 Å². The molecule has 0 aromatic carbocycles. The predicted octanol–water partition coefficient (Wildman–Crippen LogP) is 5.46. The van der Waals surface area contributed by atoms with Crippen LogP contribution in [0.1, 0.15) is 68.2 Å². The molecule has 0 radical (unpaired) electrons. The standard InChI is InChI=1S/C14H25N.C2H6/c1-7-11-12(15)10(2)8-13(3,4)9-14(11,5)6;1-2/h7,10,15H,8-9H2,1-6H3;1-2H3/b11-7+,15-12?;. The summed E-state index contributed by atoms with van der Waals surface area (Å²) in [6, 6.07) is 0. The minimum Gasteiger partial charge on any atom is -0.305 e. The van der Waals surface area contributed by atoms with Gasteiger partial charge in [-0.1, -0.05) is 54.5 Å².